The predicted octanol–water partition coefficient (Wildman–Crippen LogP) is 2.70. The monoisotopic (exact) mass is 194 g/mol. The molecule has 0 aromatic heterocycles. The molecule has 0 amide bonds. The van der Waals surface area contributed by atoms with E-state index < -0.39 is 5.92 Å². The molecule has 12 heavy (non-hydrogen) atoms. The topological polar surface area (TPSA) is 17.1 Å². The van der Waals surface area contributed by atoms with Crippen molar-refractivity contribution in [3.63, 3.8) is 0 Å². The number of carbonyl (C=O) groups excluding carboxylic acids is 1. The van der Waals surface area contributed by atoms with Gasteiger partial charge in [0, 0.05) is 25.5 Å². The third-order valence-electron chi connectivity index (χ3n) is 2.03. The highest BCUT2D eigenvalue weighted by Crippen LogP contribution is 2.40. The number of hydrogen-bond donors (Lipinski definition) is 0. The Balaban J connectivity index is 2.24. The Kier molecular flexibility index (Phi) is 3.09. The Bertz CT molecular complexity index is 182. The van der Waals surface area contributed by atoms with E-state index in [-0.39, 0.29) is 23.9 Å². The predicted molar refractivity (Wildman–Crippen MR) is 45.4 cm³/mol. The summed E-state index contributed by atoms with van der Waals surface area (Å²) in [4.78, 5) is 10.5. The molecule has 1 saturated carbocycles. The fraction of sp³-hybridized carbons (Fsp3) is 0.875. The molecule has 0 aliphatic heterocycles. The van der Waals surface area contributed by atoms with Crippen LogP contribution in [-0.2, 0) is 4.79 Å². The average molecular weight is 194 g/mol. The number of halogens is 2. The Hall–Kier alpha value is -0.120. The molecule has 4 heteroatoms. The molecule has 1 atom stereocenters. The Morgan fingerprint density at radius 1 is 1.67 bits per heavy atom. The largest absolute Gasteiger partial charge is 0.288 e. The summed E-state index contributed by atoms with van der Waals surface area (Å²) < 4.78 is 25.2. The van der Waals surface area contributed by atoms with Crippen LogP contribution in [-0.4, -0.2) is 16.8 Å². The summed E-state index contributed by atoms with van der Waals surface area (Å²) in [5.74, 6) is -1.87. The van der Waals surface area contributed by atoms with Gasteiger partial charge in [0.2, 0.25) is 5.92 Å². The fourth-order valence-electron chi connectivity index (χ4n) is 1.42. The van der Waals surface area contributed by atoms with Gasteiger partial charge in [0.05, 0.1) is 0 Å². The number of hydrogen-bond acceptors (Lipinski definition) is 2. The lowest BCUT2D eigenvalue weighted by atomic mass is 10.1. The molecule has 0 N–H and O–H groups in total. The number of thioether (sulfide) groups is 1. The smallest absolute Gasteiger partial charge is 0.248 e. The number of alkyl halides is 2. The molecule has 1 aliphatic carbocycles. The van der Waals surface area contributed by atoms with Crippen LogP contribution in [0.5, 0.6) is 0 Å². The molecule has 70 valence electrons. The van der Waals surface area contributed by atoms with Gasteiger partial charge >= 0.3 is 0 Å². The second-order valence-electron chi connectivity index (χ2n) is 3.27. The molecule has 0 aromatic rings. The van der Waals surface area contributed by atoms with Gasteiger partial charge in [-0.3, -0.25) is 4.79 Å². The average Bonchev–Trinajstić information content (AvgIpc) is 2.26. The SMILES string of the molecule is CC(=O)SCC1CCC(F)(F)C1. The molecule has 1 nitrogen and oxygen atoms in total. The molecule has 0 aromatic carbocycles. The van der Waals surface area contributed by atoms with E-state index in [4.69, 9.17) is 0 Å². The third kappa shape index (κ3) is 3.09. The van der Waals surface area contributed by atoms with E-state index >= 15 is 0 Å². The fourth-order valence-corrected chi connectivity index (χ4v) is 2.17. The third-order valence-corrected chi connectivity index (χ3v) is 3.07. The quantitative estimate of drug-likeness (QED) is 0.672. The molecule has 1 unspecified atom stereocenters. The molecule has 0 radical (unpaired) electrons. The van der Waals surface area contributed by atoms with E-state index in [0.29, 0.717) is 12.2 Å². The van der Waals surface area contributed by atoms with Crippen molar-refractivity contribution in [1.82, 2.24) is 0 Å². The van der Waals surface area contributed by atoms with Crippen LogP contribution in [0.2, 0.25) is 0 Å². The van der Waals surface area contributed by atoms with Crippen molar-refractivity contribution in [3.8, 4) is 0 Å². The van der Waals surface area contributed by atoms with Gasteiger partial charge in [0.1, 0.15) is 0 Å². The summed E-state index contributed by atoms with van der Waals surface area (Å²) >= 11 is 1.16. The van der Waals surface area contributed by atoms with Gasteiger partial charge in [-0.25, -0.2) is 8.78 Å². The van der Waals surface area contributed by atoms with Gasteiger partial charge in [0.15, 0.2) is 5.12 Å². The van der Waals surface area contributed by atoms with Crippen LogP contribution in [0.25, 0.3) is 0 Å². The first-order chi connectivity index (χ1) is 5.49. The Labute approximate surface area is 74.9 Å². The van der Waals surface area contributed by atoms with Gasteiger partial charge in [-0.1, -0.05) is 11.8 Å². The summed E-state index contributed by atoms with van der Waals surface area (Å²) in [5, 5.41) is 0.0187. The molecule has 0 bridgehead atoms. The zero-order valence-corrected chi connectivity index (χ0v) is 7.79. The second kappa shape index (κ2) is 3.73. The highest BCUT2D eigenvalue weighted by atomic mass is 32.2. The molecule has 0 spiro atoms. The standard InChI is InChI=1S/C8H12F2OS/c1-6(11)12-5-7-2-3-8(9,10)4-7/h7H,2-5H2,1H3. The number of rotatable bonds is 2. The molecule has 1 rings (SSSR count). The maximum Gasteiger partial charge on any atom is 0.248 e. The van der Waals surface area contributed by atoms with Crippen LogP contribution in [0.3, 0.4) is 0 Å². The molecule has 0 heterocycles. The van der Waals surface area contributed by atoms with Crippen LogP contribution < -0.4 is 0 Å². The van der Waals surface area contributed by atoms with Crippen molar-refractivity contribution in [2.24, 2.45) is 5.92 Å². The van der Waals surface area contributed by atoms with Gasteiger partial charge in [-0.05, 0) is 12.3 Å². The van der Waals surface area contributed by atoms with Gasteiger partial charge in [-0.2, -0.15) is 0 Å². The molecule has 1 aliphatic rings. The molecular weight excluding hydrogens is 182 g/mol. The first kappa shape index (κ1) is 9.96. The van der Waals surface area contributed by atoms with E-state index in [1.807, 2.05) is 0 Å². The van der Waals surface area contributed by atoms with Gasteiger partial charge in [-0.15, -0.1) is 0 Å². The van der Waals surface area contributed by atoms with Gasteiger partial charge in [0.25, 0.3) is 0 Å². The van der Waals surface area contributed by atoms with Crippen LogP contribution in [0, 0.1) is 5.92 Å². The van der Waals surface area contributed by atoms with Crippen molar-refractivity contribution in [2.45, 2.75) is 32.1 Å². The summed E-state index contributed by atoms with van der Waals surface area (Å²) in [5.41, 5.74) is 0. The van der Waals surface area contributed by atoms with Crippen LogP contribution in [0.4, 0.5) is 8.78 Å². The van der Waals surface area contributed by atoms with Crippen LogP contribution in [0.1, 0.15) is 26.2 Å². The zero-order valence-electron chi connectivity index (χ0n) is 6.98. The van der Waals surface area contributed by atoms with E-state index in [0.717, 1.165) is 11.8 Å². The Morgan fingerprint density at radius 2 is 2.33 bits per heavy atom. The molecule has 0 saturated heterocycles. The maximum atomic E-state index is 12.6. The Morgan fingerprint density at radius 3 is 2.75 bits per heavy atom. The highest BCUT2D eigenvalue weighted by Gasteiger charge is 2.39. The summed E-state index contributed by atoms with van der Waals surface area (Å²) in [7, 11) is 0. The lowest BCUT2D eigenvalue weighted by Crippen LogP contribution is -2.10. The van der Waals surface area contributed by atoms with Crippen LogP contribution >= 0.6 is 11.8 Å². The minimum atomic E-state index is -2.47. The van der Waals surface area contributed by atoms with E-state index in [1.54, 1.807) is 0 Å². The normalized spacial score (nSPS) is 27.4. The molecular formula is C8H12F2OS. The van der Waals surface area contributed by atoms with E-state index in [9.17, 15) is 13.6 Å². The first-order valence-electron chi connectivity index (χ1n) is 4.01. The minimum Gasteiger partial charge on any atom is -0.288 e. The van der Waals surface area contributed by atoms with Crippen molar-refractivity contribution in [2.75, 3.05) is 5.75 Å². The van der Waals surface area contributed by atoms with Crippen molar-refractivity contribution < 1.29 is 13.6 Å². The van der Waals surface area contributed by atoms with E-state index in [1.165, 1.54) is 6.92 Å². The van der Waals surface area contributed by atoms with Crippen molar-refractivity contribution >= 4 is 16.9 Å². The first-order valence-corrected chi connectivity index (χ1v) is 4.99. The number of carbonyl (C=O) groups is 1. The zero-order chi connectivity index (χ0) is 9.19. The summed E-state index contributed by atoms with van der Waals surface area (Å²) in [6, 6.07) is 0. The second-order valence-corrected chi connectivity index (χ2v) is 4.46. The maximum absolute atomic E-state index is 12.6. The van der Waals surface area contributed by atoms with Gasteiger partial charge < -0.3 is 0 Å². The van der Waals surface area contributed by atoms with Crippen LogP contribution in [0.15, 0.2) is 0 Å². The molecule has 1 fully saturated rings. The lowest BCUT2D eigenvalue weighted by molar-refractivity contribution is -0.109. The lowest BCUT2D eigenvalue weighted by Gasteiger charge is -2.08. The minimum absolute atomic E-state index is 0.00384. The van der Waals surface area contributed by atoms with Crippen molar-refractivity contribution in [1.29, 1.82) is 0 Å². The summed E-state index contributed by atoms with van der Waals surface area (Å²) in [6.07, 6.45) is 0.524. The highest BCUT2D eigenvalue weighted by molar-refractivity contribution is 8.13. The van der Waals surface area contributed by atoms with E-state index in [2.05, 4.69) is 0 Å². The summed E-state index contributed by atoms with van der Waals surface area (Å²) in [6.45, 7) is 1.47. The van der Waals surface area contributed by atoms with Crippen molar-refractivity contribution in [3.05, 3.63) is 0 Å².